The molecule has 0 aliphatic heterocycles. The van der Waals surface area contributed by atoms with Crippen molar-refractivity contribution in [2.24, 2.45) is 0 Å². The number of hydrogen-bond acceptors (Lipinski definition) is 2. The molecule has 0 aliphatic carbocycles. The molecule has 0 saturated heterocycles. The zero-order chi connectivity index (χ0) is 26.2. The molecule has 2 rings (SSSR count). The molecule has 2 aromatic rings. The summed E-state index contributed by atoms with van der Waals surface area (Å²) < 4.78 is 0. The average Bonchev–Trinajstić information content (AvgIpc) is 2.92. The van der Waals surface area contributed by atoms with E-state index in [-0.39, 0.29) is 36.9 Å². The molecule has 0 aliphatic rings. The van der Waals surface area contributed by atoms with Crippen LogP contribution in [0.1, 0.15) is 73.4 Å². The van der Waals surface area contributed by atoms with Crippen LogP contribution in [-0.2, 0) is 21.1 Å². The summed E-state index contributed by atoms with van der Waals surface area (Å²) in [7, 11) is 0.275. The molecule has 0 radical (unpaired) electrons. The molecule has 0 N–H and O–H groups in total. The second-order valence-electron chi connectivity index (χ2n) is 7.35. The number of rotatable bonds is 8. The Hall–Kier alpha value is -1.55. The van der Waals surface area contributed by atoms with Crippen molar-refractivity contribution < 1.29 is 30.7 Å². The first-order chi connectivity index (χ1) is 16.4. The van der Waals surface area contributed by atoms with Gasteiger partial charge in [0.2, 0.25) is 0 Å². The Balaban J connectivity index is -0.000000393. The maximum absolute atomic E-state index is 10.1. The smallest absolute Gasteiger partial charge is 0.366 e. The van der Waals surface area contributed by atoms with Crippen molar-refractivity contribution in [3.63, 3.8) is 0 Å². The summed E-state index contributed by atoms with van der Waals surface area (Å²) in [5, 5.41) is 0. The molecule has 0 aromatic heterocycles. The third-order valence-corrected chi connectivity index (χ3v) is 11.4. The van der Waals surface area contributed by atoms with E-state index in [2.05, 4.69) is 53.4 Å². The van der Waals surface area contributed by atoms with Crippen molar-refractivity contribution in [2.45, 2.75) is 41.5 Å². The van der Waals surface area contributed by atoms with Gasteiger partial charge in [0, 0.05) is 11.1 Å². The van der Waals surface area contributed by atoms with Crippen LogP contribution in [0.15, 0.2) is 48.5 Å². The molecular formula is C30H42O2P2Pt+2. The van der Waals surface area contributed by atoms with Crippen molar-refractivity contribution in [2.75, 3.05) is 37.0 Å². The van der Waals surface area contributed by atoms with Crippen LogP contribution < -0.4 is 0 Å². The summed E-state index contributed by atoms with van der Waals surface area (Å²) in [5.74, 6) is 4.42. The van der Waals surface area contributed by atoms with Gasteiger partial charge in [0.25, 0.3) is 0 Å². The normalized spacial score (nSPS) is 8.86. The second-order valence-corrected chi connectivity index (χ2v) is 14.6. The van der Waals surface area contributed by atoms with Crippen LogP contribution in [0.2, 0.25) is 0 Å². The zero-order valence-corrected chi connectivity index (χ0v) is 26.4. The minimum absolute atomic E-state index is 0. The number of carbonyl (C=O) groups excluding carboxylic acids is 2. The van der Waals surface area contributed by atoms with E-state index in [1.807, 2.05) is 0 Å². The minimum atomic E-state index is 0. The van der Waals surface area contributed by atoms with Crippen LogP contribution in [0.4, 0.5) is 0 Å². The van der Waals surface area contributed by atoms with Crippen molar-refractivity contribution in [3.8, 4) is 11.8 Å². The number of carbonyl (C=O) groups is 2. The topological polar surface area (TPSA) is 34.1 Å². The van der Waals surface area contributed by atoms with Gasteiger partial charge in [-0.1, -0.05) is 24.3 Å². The molecule has 0 heterocycles. The molecule has 0 bridgehead atoms. The summed E-state index contributed by atoms with van der Waals surface area (Å²) in [6, 6.07) is 13.3. The maximum atomic E-state index is 10.1. The van der Waals surface area contributed by atoms with Crippen molar-refractivity contribution in [3.05, 3.63) is 83.6 Å². The molecule has 0 unspecified atom stereocenters. The molecule has 0 fully saturated rings. The summed E-state index contributed by atoms with van der Waals surface area (Å²) in [6.07, 6.45) is 23.7. The van der Waals surface area contributed by atoms with Crippen molar-refractivity contribution >= 4 is 28.4 Å². The summed E-state index contributed by atoms with van der Waals surface area (Å²) >= 11 is 0. The summed E-state index contributed by atoms with van der Waals surface area (Å²) in [6.45, 7) is 13.8. The largest absolute Gasteiger partial charge is 2.00 e. The Labute approximate surface area is 232 Å². The molecule has 5 heteroatoms. The minimum Gasteiger partial charge on any atom is -0.366 e. The number of hydrogen-bond donors (Lipinski definition) is 0. The van der Waals surface area contributed by atoms with Gasteiger partial charge < -0.3 is 12.8 Å². The van der Waals surface area contributed by atoms with Gasteiger partial charge in [-0.15, -0.1) is 35.4 Å². The molecule has 2 nitrogen and oxygen atoms in total. The van der Waals surface area contributed by atoms with Crippen molar-refractivity contribution in [1.29, 1.82) is 0 Å². The molecular weight excluding hydrogens is 649 g/mol. The van der Waals surface area contributed by atoms with E-state index in [4.69, 9.17) is 12.8 Å². The van der Waals surface area contributed by atoms with Gasteiger partial charge in [-0.3, -0.25) is 21.4 Å². The van der Waals surface area contributed by atoms with Gasteiger partial charge in [-0.25, -0.2) is 0 Å². The van der Waals surface area contributed by atoms with Crippen LogP contribution in [0.25, 0.3) is 0 Å². The van der Waals surface area contributed by atoms with Crippen LogP contribution in [0.3, 0.4) is 0 Å². The predicted octanol–water partition coefficient (Wildman–Crippen LogP) is 7.39. The number of aldehydes is 2. The maximum Gasteiger partial charge on any atom is 2.00 e. The third kappa shape index (κ3) is 20.3. The first-order valence-electron chi connectivity index (χ1n) is 12.1. The first-order valence-corrected chi connectivity index (χ1v) is 16.3. The first kappa shape index (κ1) is 38.0. The fourth-order valence-electron chi connectivity index (χ4n) is 2.79. The van der Waals surface area contributed by atoms with Crippen LogP contribution in [0, 0.1) is 24.7 Å². The predicted molar refractivity (Wildman–Crippen MR) is 156 cm³/mol. The molecule has 192 valence electrons. The van der Waals surface area contributed by atoms with Gasteiger partial charge in [0.15, 0.2) is 0 Å². The van der Waals surface area contributed by atoms with Gasteiger partial charge in [0.1, 0.15) is 12.6 Å². The molecule has 0 atom stereocenters. The Morgan fingerprint density at radius 3 is 0.914 bits per heavy atom. The molecule has 2 aromatic carbocycles. The standard InChI is InChI=1S/2C9H5O.2C6H15P.Pt/c2*1-2-8-3-5-9(7-10)6-4-8;2*1-4-7(5-2)6-3;/h2*3-7H;2*4-6H2,1-3H3;/q2*-1;;;+2/p+2. The van der Waals surface area contributed by atoms with E-state index in [9.17, 15) is 9.59 Å². The Bertz CT molecular complexity index is 757. The average molecular weight is 692 g/mol. The fraction of sp³-hybridized carbons (Fsp3) is 0.400. The molecule has 0 saturated carbocycles. The van der Waals surface area contributed by atoms with Gasteiger partial charge >= 0.3 is 21.1 Å². The Morgan fingerprint density at radius 2 is 0.800 bits per heavy atom. The Kier molecular flexibility index (Phi) is 29.4. The summed E-state index contributed by atoms with van der Waals surface area (Å²) in [5.41, 5.74) is 2.62. The fourth-order valence-corrected chi connectivity index (χ4v) is 5.79. The van der Waals surface area contributed by atoms with E-state index in [1.165, 1.54) is 37.0 Å². The Morgan fingerprint density at radius 1 is 0.571 bits per heavy atom. The zero-order valence-electron chi connectivity index (χ0n) is 22.1. The second kappa shape index (κ2) is 27.0. The summed E-state index contributed by atoms with van der Waals surface area (Å²) in [4.78, 5) is 20.3. The van der Waals surface area contributed by atoms with E-state index in [0.717, 1.165) is 12.6 Å². The van der Waals surface area contributed by atoms with Gasteiger partial charge in [-0.05, 0) is 57.4 Å². The number of benzene rings is 2. The SMILES string of the molecule is CC[PH+](CC)CC.CC[PH+](CC)CC.[C-]#Cc1ccc(C=O)cc1.[C-]#Cc1ccc(C=O)cc1.[Pt+2]. The van der Waals surface area contributed by atoms with E-state index in [0.29, 0.717) is 22.3 Å². The molecule has 0 spiro atoms. The molecule has 35 heavy (non-hydrogen) atoms. The van der Waals surface area contributed by atoms with Crippen molar-refractivity contribution in [1.82, 2.24) is 0 Å². The van der Waals surface area contributed by atoms with Crippen LogP contribution >= 0.6 is 15.8 Å². The van der Waals surface area contributed by atoms with Gasteiger partial charge in [-0.2, -0.15) is 0 Å². The monoisotopic (exact) mass is 691 g/mol. The quantitative estimate of drug-likeness (QED) is 0.125. The third-order valence-electron chi connectivity index (χ3n) is 5.38. The van der Waals surface area contributed by atoms with E-state index >= 15 is 0 Å². The van der Waals surface area contributed by atoms with E-state index in [1.54, 1.807) is 48.5 Å². The van der Waals surface area contributed by atoms with E-state index < -0.39 is 0 Å². The van der Waals surface area contributed by atoms with Gasteiger partial charge in [0.05, 0.1) is 37.0 Å². The van der Waals surface area contributed by atoms with Crippen LogP contribution in [0.5, 0.6) is 0 Å². The molecule has 0 amide bonds. The van der Waals surface area contributed by atoms with Crippen LogP contribution in [-0.4, -0.2) is 49.5 Å².